The van der Waals surface area contributed by atoms with Gasteiger partial charge in [0.15, 0.2) is 0 Å². The second-order valence-electron chi connectivity index (χ2n) is 5.93. The Hall–Kier alpha value is -3.35. The number of rotatable bonds is 5. The van der Waals surface area contributed by atoms with Crippen LogP contribution in [0.25, 0.3) is 0 Å². The number of para-hydroxylation sites is 2. The Morgan fingerprint density at radius 2 is 1.58 bits per heavy atom. The quantitative estimate of drug-likeness (QED) is 0.848. The Bertz CT molecular complexity index is 967. The lowest BCUT2D eigenvalue weighted by atomic mass is 10.1. The van der Waals surface area contributed by atoms with Crippen LogP contribution in [0.15, 0.2) is 58.5 Å². The van der Waals surface area contributed by atoms with Crippen molar-refractivity contribution in [3.63, 3.8) is 0 Å². The van der Waals surface area contributed by atoms with Gasteiger partial charge in [-0.25, -0.2) is 4.99 Å². The second-order valence-corrected chi connectivity index (χ2v) is 5.93. The highest BCUT2D eigenvalue weighted by molar-refractivity contribution is 5.92. The fourth-order valence-corrected chi connectivity index (χ4v) is 2.60. The van der Waals surface area contributed by atoms with Crippen LogP contribution >= 0.6 is 0 Å². The molecule has 0 fully saturated rings. The van der Waals surface area contributed by atoms with Crippen LogP contribution in [-0.4, -0.2) is 23.8 Å². The summed E-state index contributed by atoms with van der Waals surface area (Å²) >= 11 is 0. The van der Waals surface area contributed by atoms with Gasteiger partial charge in [-0.05, 0) is 42.8 Å². The van der Waals surface area contributed by atoms with Crippen molar-refractivity contribution < 1.29 is 14.4 Å². The summed E-state index contributed by atoms with van der Waals surface area (Å²) in [4.78, 5) is 43.5. The molecule has 7 nitrogen and oxygen atoms in total. The number of nitrogens with one attached hydrogen (secondary N) is 2. The van der Waals surface area contributed by atoms with Gasteiger partial charge >= 0.3 is 0 Å². The van der Waals surface area contributed by atoms with E-state index in [1.807, 2.05) is 6.07 Å². The number of hydrogen-bond acceptors (Lipinski definition) is 4. The van der Waals surface area contributed by atoms with Crippen LogP contribution in [0.2, 0.25) is 0 Å². The molecule has 1 aliphatic heterocycles. The van der Waals surface area contributed by atoms with Crippen LogP contribution in [0.4, 0.5) is 11.4 Å². The first-order valence-corrected chi connectivity index (χ1v) is 8.24. The molecule has 0 aliphatic carbocycles. The van der Waals surface area contributed by atoms with Crippen LogP contribution in [0.3, 0.4) is 0 Å². The SMILES string of the molecule is CC(=O)Nc1ccc(NC(=O)CCC2N=c3ccccc3=NC2=O)cc1. The molecule has 132 valence electrons. The molecule has 0 aromatic heterocycles. The molecule has 3 amide bonds. The summed E-state index contributed by atoms with van der Waals surface area (Å²) in [6.45, 7) is 1.43. The number of benzene rings is 2. The predicted molar refractivity (Wildman–Crippen MR) is 96.2 cm³/mol. The summed E-state index contributed by atoms with van der Waals surface area (Å²) in [6, 6.07) is 13.4. The largest absolute Gasteiger partial charge is 0.326 e. The number of hydrogen-bond donors (Lipinski definition) is 2. The minimum Gasteiger partial charge on any atom is -0.326 e. The molecule has 0 saturated heterocycles. The first kappa shape index (κ1) is 17.5. The minimum absolute atomic E-state index is 0.158. The normalized spacial score (nSPS) is 15.3. The van der Waals surface area contributed by atoms with E-state index < -0.39 is 6.04 Å². The van der Waals surface area contributed by atoms with Gasteiger partial charge in [0, 0.05) is 24.7 Å². The summed E-state index contributed by atoms with van der Waals surface area (Å²) in [6.07, 6.45) is 0.456. The number of amides is 3. The Balaban J connectivity index is 1.57. The Kier molecular flexibility index (Phi) is 5.17. The number of carbonyl (C=O) groups excluding carboxylic acids is 3. The van der Waals surface area contributed by atoms with E-state index in [9.17, 15) is 14.4 Å². The summed E-state index contributed by atoms with van der Waals surface area (Å²) < 4.78 is 0. The molecule has 26 heavy (non-hydrogen) atoms. The van der Waals surface area contributed by atoms with Gasteiger partial charge in [-0.2, -0.15) is 0 Å². The third-order valence-electron chi connectivity index (χ3n) is 3.83. The average molecular weight is 350 g/mol. The Morgan fingerprint density at radius 3 is 2.23 bits per heavy atom. The zero-order valence-electron chi connectivity index (χ0n) is 14.2. The first-order chi connectivity index (χ1) is 12.5. The molecule has 0 spiro atoms. The molecule has 1 aliphatic rings. The lowest BCUT2D eigenvalue weighted by molar-refractivity contribution is -0.120. The molecule has 0 saturated carbocycles. The van der Waals surface area contributed by atoms with Gasteiger partial charge in [0.1, 0.15) is 6.04 Å². The molecule has 7 heteroatoms. The van der Waals surface area contributed by atoms with Crippen LogP contribution in [0.1, 0.15) is 19.8 Å². The molecule has 0 radical (unpaired) electrons. The third kappa shape index (κ3) is 4.38. The van der Waals surface area contributed by atoms with Crippen LogP contribution in [0, 0.1) is 0 Å². The van der Waals surface area contributed by atoms with Gasteiger partial charge in [0.25, 0.3) is 5.91 Å². The smallest absolute Gasteiger partial charge is 0.271 e. The molecular weight excluding hydrogens is 332 g/mol. The van der Waals surface area contributed by atoms with E-state index in [4.69, 9.17) is 0 Å². The molecule has 0 bridgehead atoms. The highest BCUT2D eigenvalue weighted by Gasteiger charge is 2.20. The first-order valence-electron chi connectivity index (χ1n) is 8.24. The van der Waals surface area contributed by atoms with Gasteiger partial charge in [0.05, 0.1) is 10.7 Å². The van der Waals surface area contributed by atoms with Crippen molar-refractivity contribution in [2.75, 3.05) is 10.6 Å². The monoisotopic (exact) mass is 350 g/mol. The summed E-state index contributed by atoms with van der Waals surface area (Å²) in [5, 5.41) is 6.65. The maximum Gasteiger partial charge on any atom is 0.271 e. The predicted octanol–water partition coefficient (Wildman–Crippen LogP) is 1.21. The molecule has 3 rings (SSSR count). The van der Waals surface area contributed by atoms with E-state index in [2.05, 4.69) is 20.6 Å². The van der Waals surface area contributed by atoms with Crippen molar-refractivity contribution in [3.05, 3.63) is 59.2 Å². The fourth-order valence-electron chi connectivity index (χ4n) is 2.60. The number of fused-ring (bicyclic) bond motifs is 1. The zero-order chi connectivity index (χ0) is 18.5. The summed E-state index contributed by atoms with van der Waals surface area (Å²) in [5.41, 5.74) is 1.27. The van der Waals surface area contributed by atoms with Crippen molar-refractivity contribution in [3.8, 4) is 0 Å². The van der Waals surface area contributed by atoms with Crippen molar-refractivity contribution in [1.29, 1.82) is 0 Å². The van der Waals surface area contributed by atoms with Crippen molar-refractivity contribution >= 4 is 29.1 Å². The van der Waals surface area contributed by atoms with E-state index in [1.54, 1.807) is 42.5 Å². The second kappa shape index (κ2) is 7.69. The highest BCUT2D eigenvalue weighted by Crippen LogP contribution is 2.14. The van der Waals surface area contributed by atoms with E-state index >= 15 is 0 Å². The van der Waals surface area contributed by atoms with Crippen LogP contribution in [0.5, 0.6) is 0 Å². The molecule has 1 atom stereocenters. The molecule has 2 N–H and O–H groups in total. The Labute approximate surface area is 149 Å². The van der Waals surface area contributed by atoms with Gasteiger partial charge in [-0.1, -0.05) is 12.1 Å². The van der Waals surface area contributed by atoms with Gasteiger partial charge in [-0.15, -0.1) is 0 Å². The van der Waals surface area contributed by atoms with E-state index in [1.165, 1.54) is 6.92 Å². The lowest BCUT2D eigenvalue weighted by Crippen LogP contribution is -2.36. The Morgan fingerprint density at radius 1 is 0.962 bits per heavy atom. The molecular formula is C19H18N4O3. The molecule has 1 heterocycles. The third-order valence-corrected chi connectivity index (χ3v) is 3.83. The van der Waals surface area contributed by atoms with Gasteiger partial charge < -0.3 is 10.6 Å². The average Bonchev–Trinajstić information content (AvgIpc) is 2.61. The molecule has 1 unspecified atom stereocenters. The molecule has 2 aromatic carbocycles. The number of nitrogens with zero attached hydrogens (tertiary/aromatic N) is 2. The standard InChI is InChI=1S/C19H18N4O3/c1-12(24)20-13-6-8-14(9-7-13)21-18(25)11-10-17-19(26)23-16-5-3-2-4-15(16)22-17/h2-9,17H,10-11H2,1H3,(H,20,24)(H,21,25). The van der Waals surface area contributed by atoms with Crippen LogP contribution in [-0.2, 0) is 14.4 Å². The maximum atomic E-state index is 12.1. The fraction of sp³-hybridized carbons (Fsp3) is 0.211. The van der Waals surface area contributed by atoms with Crippen molar-refractivity contribution in [1.82, 2.24) is 0 Å². The van der Waals surface area contributed by atoms with Gasteiger partial charge in [0.2, 0.25) is 11.8 Å². The van der Waals surface area contributed by atoms with Crippen molar-refractivity contribution in [2.24, 2.45) is 9.98 Å². The minimum atomic E-state index is -0.627. The van der Waals surface area contributed by atoms with E-state index in [0.717, 1.165) is 0 Å². The molecule has 2 aromatic rings. The summed E-state index contributed by atoms with van der Waals surface area (Å²) in [5.74, 6) is -0.690. The maximum absolute atomic E-state index is 12.1. The number of anilines is 2. The van der Waals surface area contributed by atoms with Crippen molar-refractivity contribution in [2.45, 2.75) is 25.8 Å². The lowest BCUT2D eigenvalue weighted by Gasteiger charge is -2.12. The highest BCUT2D eigenvalue weighted by atomic mass is 16.2. The summed E-state index contributed by atoms with van der Waals surface area (Å²) in [7, 11) is 0. The number of carbonyl (C=O) groups is 3. The topological polar surface area (TPSA) is 100.0 Å². The van der Waals surface area contributed by atoms with E-state index in [0.29, 0.717) is 28.5 Å². The van der Waals surface area contributed by atoms with E-state index in [-0.39, 0.29) is 24.1 Å². The van der Waals surface area contributed by atoms with Crippen LogP contribution < -0.4 is 21.3 Å². The van der Waals surface area contributed by atoms with Gasteiger partial charge in [-0.3, -0.25) is 19.4 Å². The zero-order valence-corrected chi connectivity index (χ0v) is 14.2.